The van der Waals surface area contributed by atoms with Crippen molar-refractivity contribution in [3.05, 3.63) is 47.0 Å². The van der Waals surface area contributed by atoms with Crippen molar-refractivity contribution in [2.24, 2.45) is 0 Å². The molecule has 9 heteroatoms. The van der Waals surface area contributed by atoms with Gasteiger partial charge in [-0.05, 0) is 13.0 Å². The summed E-state index contributed by atoms with van der Waals surface area (Å²) >= 11 is 0. The molecule has 1 atom stereocenters. The molecule has 0 saturated carbocycles. The minimum Gasteiger partial charge on any atom is -0.465 e. The van der Waals surface area contributed by atoms with Crippen LogP contribution in [0.15, 0.2) is 29.8 Å². The third-order valence-corrected chi connectivity index (χ3v) is 3.08. The molecule has 2 N–H and O–H groups in total. The Hall–Kier alpha value is -2.97. The van der Waals surface area contributed by atoms with Gasteiger partial charge >= 0.3 is 12.1 Å². The van der Waals surface area contributed by atoms with Crippen molar-refractivity contribution in [3.63, 3.8) is 0 Å². The predicted octanol–water partition coefficient (Wildman–Crippen LogP) is 1.78. The SMILES string of the molecule is CC(=O)OC1=C(NC(=O)O)OC(C)(c2cccc(F)c2F)C1=O. The van der Waals surface area contributed by atoms with E-state index in [0.29, 0.717) is 0 Å². The number of ether oxygens (including phenoxy) is 2. The highest BCUT2D eigenvalue weighted by molar-refractivity contribution is 6.04. The molecular weight excluding hydrogens is 316 g/mol. The largest absolute Gasteiger partial charge is 0.465 e. The van der Waals surface area contributed by atoms with E-state index in [1.165, 1.54) is 0 Å². The zero-order chi connectivity index (χ0) is 17.4. The number of hydrogen-bond acceptors (Lipinski definition) is 5. The lowest BCUT2D eigenvalue weighted by atomic mass is 9.91. The summed E-state index contributed by atoms with van der Waals surface area (Å²) in [6.45, 7) is 2.09. The molecule has 1 aromatic carbocycles. The number of carbonyl (C=O) groups excluding carboxylic acids is 2. The summed E-state index contributed by atoms with van der Waals surface area (Å²) in [7, 11) is 0. The first kappa shape index (κ1) is 16.4. The standard InChI is InChI=1S/C14H11F2NO6/c1-6(18)22-10-11(19)14(2,23-12(10)17-13(20)21)7-4-3-5-8(15)9(7)16/h3-5,17H,1-2H3,(H,20,21). The summed E-state index contributed by atoms with van der Waals surface area (Å²) in [5, 5.41) is 10.5. The van der Waals surface area contributed by atoms with Crippen LogP contribution in [0, 0.1) is 11.6 Å². The average Bonchev–Trinajstić information content (AvgIpc) is 2.66. The Balaban J connectivity index is 2.51. The van der Waals surface area contributed by atoms with Crippen LogP contribution in [-0.2, 0) is 24.7 Å². The summed E-state index contributed by atoms with van der Waals surface area (Å²) in [5.74, 6) is -5.89. The zero-order valence-electron chi connectivity index (χ0n) is 12.0. The molecule has 23 heavy (non-hydrogen) atoms. The number of ketones is 1. The Morgan fingerprint density at radius 1 is 1.35 bits per heavy atom. The lowest BCUT2D eigenvalue weighted by Crippen LogP contribution is -2.33. The first-order chi connectivity index (χ1) is 10.7. The normalized spacial score (nSPS) is 20.3. The van der Waals surface area contributed by atoms with Crippen molar-refractivity contribution in [1.29, 1.82) is 0 Å². The summed E-state index contributed by atoms with van der Waals surface area (Å²) in [6, 6.07) is 3.10. The summed E-state index contributed by atoms with van der Waals surface area (Å²) in [4.78, 5) is 34.3. The Kier molecular flexibility index (Phi) is 4.04. The van der Waals surface area contributed by atoms with Gasteiger partial charge in [0.2, 0.25) is 17.2 Å². The molecule has 1 amide bonds. The number of rotatable bonds is 3. The number of amides is 1. The van der Waals surface area contributed by atoms with Crippen molar-refractivity contribution >= 4 is 17.8 Å². The number of Topliss-reactive ketones (excluding diaryl/α,β-unsaturated/α-hetero) is 1. The number of esters is 1. The third-order valence-electron chi connectivity index (χ3n) is 3.08. The quantitative estimate of drug-likeness (QED) is 0.821. The highest BCUT2D eigenvalue weighted by Crippen LogP contribution is 2.39. The molecule has 0 spiro atoms. The minimum absolute atomic E-state index is 0.464. The van der Waals surface area contributed by atoms with Crippen molar-refractivity contribution < 1.29 is 37.7 Å². The molecule has 122 valence electrons. The maximum atomic E-state index is 14.0. The molecule has 1 aromatic rings. The number of carbonyl (C=O) groups is 3. The topological polar surface area (TPSA) is 102 Å². The molecule has 1 aliphatic rings. The van der Waals surface area contributed by atoms with Gasteiger partial charge in [-0.2, -0.15) is 0 Å². The van der Waals surface area contributed by atoms with Gasteiger partial charge in [-0.15, -0.1) is 0 Å². The van der Waals surface area contributed by atoms with Gasteiger partial charge in [0, 0.05) is 12.5 Å². The highest BCUT2D eigenvalue weighted by atomic mass is 19.2. The van der Waals surface area contributed by atoms with Gasteiger partial charge in [0.25, 0.3) is 5.78 Å². The van der Waals surface area contributed by atoms with Crippen molar-refractivity contribution in [3.8, 4) is 0 Å². The average molecular weight is 327 g/mol. The number of carboxylic acid groups (broad SMARTS) is 1. The van der Waals surface area contributed by atoms with Crippen LogP contribution in [0.4, 0.5) is 13.6 Å². The van der Waals surface area contributed by atoms with Gasteiger partial charge in [-0.3, -0.25) is 14.9 Å². The Morgan fingerprint density at radius 3 is 2.57 bits per heavy atom. The molecule has 2 rings (SSSR count). The molecule has 7 nitrogen and oxygen atoms in total. The summed E-state index contributed by atoms with van der Waals surface area (Å²) in [5.41, 5.74) is -2.55. The molecule has 0 fully saturated rings. The summed E-state index contributed by atoms with van der Waals surface area (Å²) < 4.78 is 37.2. The lowest BCUT2D eigenvalue weighted by molar-refractivity contribution is -0.142. The molecule has 1 unspecified atom stereocenters. The van der Waals surface area contributed by atoms with E-state index in [1.54, 1.807) is 5.32 Å². The van der Waals surface area contributed by atoms with Crippen LogP contribution in [0.25, 0.3) is 0 Å². The zero-order valence-corrected chi connectivity index (χ0v) is 12.0. The van der Waals surface area contributed by atoms with Crippen LogP contribution in [-0.4, -0.2) is 23.0 Å². The molecule has 0 bridgehead atoms. The lowest BCUT2D eigenvalue weighted by Gasteiger charge is -2.23. The Bertz CT molecular complexity index is 745. The maximum Gasteiger partial charge on any atom is 0.411 e. The number of benzene rings is 1. The van der Waals surface area contributed by atoms with Crippen molar-refractivity contribution in [2.45, 2.75) is 19.4 Å². The van der Waals surface area contributed by atoms with Gasteiger partial charge < -0.3 is 14.6 Å². The minimum atomic E-state index is -2.09. The van der Waals surface area contributed by atoms with E-state index >= 15 is 0 Å². The monoisotopic (exact) mass is 327 g/mol. The van der Waals surface area contributed by atoms with E-state index in [9.17, 15) is 23.2 Å². The molecule has 0 aromatic heterocycles. The first-order valence-corrected chi connectivity index (χ1v) is 6.27. The van der Waals surface area contributed by atoms with Crippen molar-refractivity contribution in [2.75, 3.05) is 0 Å². The second-order valence-electron chi connectivity index (χ2n) is 4.75. The van der Waals surface area contributed by atoms with E-state index in [-0.39, 0.29) is 0 Å². The number of halogens is 2. The Morgan fingerprint density at radius 2 is 2.00 bits per heavy atom. The van der Waals surface area contributed by atoms with E-state index in [1.807, 2.05) is 0 Å². The van der Waals surface area contributed by atoms with Crippen LogP contribution >= 0.6 is 0 Å². The van der Waals surface area contributed by atoms with Crippen molar-refractivity contribution in [1.82, 2.24) is 5.32 Å². The smallest absolute Gasteiger partial charge is 0.411 e. The molecule has 0 saturated heterocycles. The fraction of sp³-hybridized carbons (Fsp3) is 0.214. The number of nitrogens with one attached hydrogen (secondary N) is 1. The highest BCUT2D eigenvalue weighted by Gasteiger charge is 2.51. The van der Waals surface area contributed by atoms with Crippen LogP contribution in [0.1, 0.15) is 19.4 Å². The van der Waals surface area contributed by atoms with Gasteiger partial charge in [-0.1, -0.05) is 12.1 Å². The second-order valence-corrected chi connectivity index (χ2v) is 4.75. The van der Waals surface area contributed by atoms with E-state index in [0.717, 1.165) is 32.0 Å². The van der Waals surface area contributed by atoms with Gasteiger partial charge in [-0.25, -0.2) is 13.6 Å². The fourth-order valence-corrected chi connectivity index (χ4v) is 2.08. The van der Waals surface area contributed by atoms with Crippen LogP contribution < -0.4 is 5.32 Å². The molecular formula is C14H11F2NO6. The van der Waals surface area contributed by atoms with Gasteiger partial charge in [0.05, 0.1) is 0 Å². The summed E-state index contributed by atoms with van der Waals surface area (Å²) in [6.07, 6.45) is -1.60. The van der Waals surface area contributed by atoms with Crippen LogP contribution in [0.3, 0.4) is 0 Å². The maximum absolute atomic E-state index is 14.0. The van der Waals surface area contributed by atoms with E-state index in [4.69, 9.17) is 9.84 Å². The van der Waals surface area contributed by atoms with Crippen LogP contribution in [0.2, 0.25) is 0 Å². The number of hydrogen-bond donors (Lipinski definition) is 2. The fourth-order valence-electron chi connectivity index (χ4n) is 2.08. The first-order valence-electron chi connectivity index (χ1n) is 6.27. The van der Waals surface area contributed by atoms with E-state index < -0.39 is 52.3 Å². The molecule has 0 radical (unpaired) electrons. The van der Waals surface area contributed by atoms with E-state index in [2.05, 4.69) is 4.74 Å². The third kappa shape index (κ3) is 2.85. The van der Waals surface area contributed by atoms with Gasteiger partial charge in [0.1, 0.15) is 0 Å². The molecule has 0 aliphatic carbocycles. The second kappa shape index (κ2) is 5.67. The molecule has 1 aliphatic heterocycles. The Labute approximate surface area is 128 Å². The predicted molar refractivity (Wildman–Crippen MR) is 69.8 cm³/mol. The molecule has 1 heterocycles. The van der Waals surface area contributed by atoms with Crippen LogP contribution in [0.5, 0.6) is 0 Å². The van der Waals surface area contributed by atoms with Gasteiger partial charge in [0.15, 0.2) is 11.6 Å².